The predicted molar refractivity (Wildman–Crippen MR) is 50.6 cm³/mol. The lowest BCUT2D eigenvalue weighted by Gasteiger charge is -2.09. The van der Waals surface area contributed by atoms with Crippen molar-refractivity contribution in [1.29, 1.82) is 5.26 Å². The van der Waals surface area contributed by atoms with Crippen molar-refractivity contribution in [3.63, 3.8) is 0 Å². The smallest absolute Gasteiger partial charge is 0.220 e. The Kier molecular flexibility index (Phi) is 5.90. The molecule has 0 saturated heterocycles. The van der Waals surface area contributed by atoms with E-state index in [2.05, 4.69) is 5.32 Å². The van der Waals surface area contributed by atoms with Gasteiger partial charge in [0.1, 0.15) is 0 Å². The molecule has 0 heterocycles. The van der Waals surface area contributed by atoms with Crippen LogP contribution in [0.1, 0.15) is 20.3 Å². The van der Waals surface area contributed by atoms with Crippen LogP contribution in [0.2, 0.25) is 0 Å². The number of hydrogen-bond acceptors (Lipinski definition) is 3. The largest absolute Gasteiger partial charge is 0.355 e. The van der Waals surface area contributed by atoms with Gasteiger partial charge >= 0.3 is 0 Å². The van der Waals surface area contributed by atoms with Crippen molar-refractivity contribution in [2.24, 2.45) is 17.6 Å². The molecule has 0 bridgehead atoms. The first-order chi connectivity index (χ1) is 6.10. The molecule has 0 saturated carbocycles. The van der Waals surface area contributed by atoms with E-state index in [9.17, 15) is 4.79 Å². The number of nitrogens with one attached hydrogen (secondary N) is 1. The van der Waals surface area contributed by atoms with Crippen LogP contribution in [-0.4, -0.2) is 19.0 Å². The minimum Gasteiger partial charge on any atom is -0.355 e. The summed E-state index contributed by atoms with van der Waals surface area (Å²) in [5.41, 5.74) is 5.37. The summed E-state index contributed by atoms with van der Waals surface area (Å²) in [6, 6.07) is 2.05. The van der Waals surface area contributed by atoms with Crippen LogP contribution in [0.15, 0.2) is 0 Å². The Morgan fingerprint density at radius 2 is 2.23 bits per heavy atom. The average molecular weight is 183 g/mol. The van der Waals surface area contributed by atoms with Crippen LogP contribution >= 0.6 is 0 Å². The second-order valence-corrected chi connectivity index (χ2v) is 3.38. The van der Waals surface area contributed by atoms with E-state index in [0.717, 1.165) is 0 Å². The van der Waals surface area contributed by atoms with Gasteiger partial charge in [-0.15, -0.1) is 0 Å². The van der Waals surface area contributed by atoms with Gasteiger partial charge in [-0.3, -0.25) is 4.79 Å². The molecular weight excluding hydrogens is 166 g/mol. The predicted octanol–water partition coefficient (Wildman–Crippen LogP) is 0.247. The normalized spacial score (nSPS) is 14.3. The topological polar surface area (TPSA) is 78.9 Å². The van der Waals surface area contributed by atoms with E-state index in [1.165, 1.54) is 0 Å². The van der Waals surface area contributed by atoms with Gasteiger partial charge in [0.15, 0.2) is 0 Å². The third-order valence-electron chi connectivity index (χ3n) is 1.76. The molecule has 0 aromatic heterocycles. The zero-order valence-corrected chi connectivity index (χ0v) is 8.21. The molecule has 0 aromatic carbocycles. The lowest BCUT2D eigenvalue weighted by molar-refractivity contribution is -0.121. The van der Waals surface area contributed by atoms with E-state index in [1.54, 1.807) is 6.92 Å². The molecule has 0 rings (SSSR count). The van der Waals surface area contributed by atoms with E-state index in [4.69, 9.17) is 11.0 Å². The average Bonchev–Trinajstić information content (AvgIpc) is 2.13. The van der Waals surface area contributed by atoms with Crippen molar-refractivity contribution in [2.75, 3.05) is 13.1 Å². The zero-order chi connectivity index (χ0) is 10.3. The Balaban J connectivity index is 3.59. The van der Waals surface area contributed by atoms with Crippen LogP contribution in [0.4, 0.5) is 0 Å². The summed E-state index contributed by atoms with van der Waals surface area (Å²) in [6.45, 7) is 4.63. The minimum absolute atomic E-state index is 0.0277. The number of rotatable bonds is 5. The van der Waals surface area contributed by atoms with Crippen molar-refractivity contribution in [3.05, 3.63) is 0 Å². The quantitative estimate of drug-likeness (QED) is 0.641. The summed E-state index contributed by atoms with van der Waals surface area (Å²) < 4.78 is 0. The van der Waals surface area contributed by atoms with Crippen molar-refractivity contribution in [3.8, 4) is 6.07 Å². The highest BCUT2D eigenvalue weighted by Gasteiger charge is 2.08. The molecule has 1 amide bonds. The molecule has 4 heteroatoms. The lowest BCUT2D eigenvalue weighted by atomic mass is 10.1. The van der Waals surface area contributed by atoms with Gasteiger partial charge in [-0.05, 0) is 19.4 Å². The summed E-state index contributed by atoms with van der Waals surface area (Å²) in [7, 11) is 0. The maximum atomic E-state index is 11.2. The Morgan fingerprint density at radius 1 is 1.62 bits per heavy atom. The molecule has 2 unspecified atom stereocenters. The van der Waals surface area contributed by atoms with Crippen LogP contribution < -0.4 is 11.1 Å². The molecule has 3 N–H and O–H groups in total. The van der Waals surface area contributed by atoms with E-state index >= 15 is 0 Å². The van der Waals surface area contributed by atoms with Crippen LogP contribution in [0.5, 0.6) is 0 Å². The molecule has 2 atom stereocenters. The molecule has 74 valence electrons. The van der Waals surface area contributed by atoms with Gasteiger partial charge < -0.3 is 11.1 Å². The zero-order valence-electron chi connectivity index (χ0n) is 8.21. The summed E-state index contributed by atoms with van der Waals surface area (Å²) in [6.07, 6.45) is 0.439. The first-order valence-corrected chi connectivity index (χ1v) is 4.46. The summed E-state index contributed by atoms with van der Waals surface area (Å²) in [4.78, 5) is 11.2. The molecule has 0 aliphatic rings. The highest BCUT2D eigenvalue weighted by atomic mass is 16.1. The Morgan fingerprint density at radius 3 is 2.69 bits per heavy atom. The Bertz CT molecular complexity index is 198. The Labute approximate surface area is 79.1 Å². The number of hydrogen-bond donors (Lipinski definition) is 2. The first-order valence-electron chi connectivity index (χ1n) is 4.46. The number of carbonyl (C=O) groups excluding carboxylic acids is 1. The first kappa shape index (κ1) is 11.9. The fourth-order valence-electron chi connectivity index (χ4n) is 0.785. The van der Waals surface area contributed by atoms with Crippen molar-refractivity contribution >= 4 is 5.91 Å². The summed E-state index contributed by atoms with van der Waals surface area (Å²) >= 11 is 0. The van der Waals surface area contributed by atoms with Gasteiger partial charge in [-0.1, -0.05) is 6.92 Å². The SMILES string of the molecule is CC(C#N)CNC(=O)CC(C)CN. The van der Waals surface area contributed by atoms with Crippen molar-refractivity contribution in [2.45, 2.75) is 20.3 Å². The minimum atomic E-state index is -0.128. The monoisotopic (exact) mass is 183 g/mol. The maximum absolute atomic E-state index is 11.2. The van der Waals surface area contributed by atoms with Crippen LogP contribution in [-0.2, 0) is 4.79 Å². The molecule has 0 aliphatic carbocycles. The van der Waals surface area contributed by atoms with Gasteiger partial charge in [-0.2, -0.15) is 5.26 Å². The Hall–Kier alpha value is -1.08. The van der Waals surface area contributed by atoms with Gasteiger partial charge in [0, 0.05) is 13.0 Å². The van der Waals surface area contributed by atoms with Crippen molar-refractivity contribution < 1.29 is 4.79 Å². The molecule has 13 heavy (non-hydrogen) atoms. The fraction of sp³-hybridized carbons (Fsp3) is 0.778. The van der Waals surface area contributed by atoms with Crippen LogP contribution in [0.25, 0.3) is 0 Å². The summed E-state index contributed by atoms with van der Waals surface area (Å²) in [5.74, 6) is 0.0505. The highest BCUT2D eigenvalue weighted by molar-refractivity contribution is 5.76. The number of nitriles is 1. The number of nitrogens with zero attached hydrogens (tertiary/aromatic N) is 1. The third-order valence-corrected chi connectivity index (χ3v) is 1.76. The number of carbonyl (C=O) groups is 1. The number of nitrogens with two attached hydrogens (primary N) is 1. The van der Waals surface area contributed by atoms with Crippen LogP contribution in [0, 0.1) is 23.2 Å². The van der Waals surface area contributed by atoms with E-state index in [-0.39, 0.29) is 17.7 Å². The van der Waals surface area contributed by atoms with Gasteiger partial charge in [0.05, 0.1) is 12.0 Å². The second kappa shape index (κ2) is 6.44. The maximum Gasteiger partial charge on any atom is 0.220 e. The second-order valence-electron chi connectivity index (χ2n) is 3.38. The van der Waals surface area contributed by atoms with E-state index in [0.29, 0.717) is 19.5 Å². The molecular formula is C9H17N3O. The number of amides is 1. The molecule has 0 fully saturated rings. The van der Waals surface area contributed by atoms with Gasteiger partial charge in [-0.25, -0.2) is 0 Å². The molecule has 0 radical (unpaired) electrons. The third kappa shape index (κ3) is 6.12. The molecule has 0 aromatic rings. The van der Waals surface area contributed by atoms with E-state index < -0.39 is 0 Å². The van der Waals surface area contributed by atoms with Crippen molar-refractivity contribution in [1.82, 2.24) is 5.32 Å². The standard InChI is InChI=1S/C9H17N3O/c1-7(4-10)3-9(13)12-6-8(2)5-11/h7-8H,3-4,6,10H2,1-2H3,(H,12,13). The lowest BCUT2D eigenvalue weighted by Crippen LogP contribution is -2.30. The summed E-state index contributed by atoms with van der Waals surface area (Å²) in [5, 5.41) is 11.1. The van der Waals surface area contributed by atoms with E-state index in [1.807, 2.05) is 13.0 Å². The molecule has 0 aliphatic heterocycles. The van der Waals surface area contributed by atoms with Crippen LogP contribution in [0.3, 0.4) is 0 Å². The van der Waals surface area contributed by atoms with Gasteiger partial charge in [0.25, 0.3) is 0 Å². The fourth-order valence-corrected chi connectivity index (χ4v) is 0.785. The molecule has 4 nitrogen and oxygen atoms in total. The molecule has 0 spiro atoms. The highest BCUT2D eigenvalue weighted by Crippen LogP contribution is 1.98. The van der Waals surface area contributed by atoms with Gasteiger partial charge in [0.2, 0.25) is 5.91 Å².